The molecule has 0 aliphatic carbocycles. The predicted octanol–water partition coefficient (Wildman–Crippen LogP) is 3.81. The van der Waals surface area contributed by atoms with Crippen molar-refractivity contribution in [3.63, 3.8) is 0 Å². The number of hydrazone groups is 1. The molecule has 6 heteroatoms. The summed E-state index contributed by atoms with van der Waals surface area (Å²) < 4.78 is 16.8. The van der Waals surface area contributed by atoms with Gasteiger partial charge < -0.3 is 14.2 Å². The first-order valence-electron chi connectivity index (χ1n) is 9.40. The van der Waals surface area contributed by atoms with E-state index >= 15 is 0 Å². The minimum Gasteiger partial charge on any atom is -0.486 e. The van der Waals surface area contributed by atoms with Crippen LogP contribution in [0.15, 0.2) is 41.5 Å². The fraction of sp³-hybridized carbons (Fsp3) is 0.364. The second kappa shape index (κ2) is 8.78. The normalized spacial score (nSPS) is 13.4. The molecule has 1 aliphatic rings. The van der Waals surface area contributed by atoms with Gasteiger partial charge in [-0.2, -0.15) is 5.10 Å². The Morgan fingerprint density at radius 3 is 2.64 bits per heavy atom. The first-order chi connectivity index (χ1) is 13.4. The van der Waals surface area contributed by atoms with Crippen LogP contribution < -0.4 is 19.6 Å². The van der Waals surface area contributed by atoms with Crippen LogP contribution in [0.4, 0.5) is 0 Å². The van der Waals surface area contributed by atoms with Crippen molar-refractivity contribution in [1.82, 2.24) is 5.43 Å². The SMILES string of the molecule is CC(=NNC(=O)COc1cc(C)ccc1C(C)C)c1ccc2c(c1)OCCO2. The third-order valence-corrected chi connectivity index (χ3v) is 4.46. The molecule has 28 heavy (non-hydrogen) atoms. The van der Waals surface area contributed by atoms with Crippen molar-refractivity contribution >= 4 is 11.6 Å². The van der Waals surface area contributed by atoms with Gasteiger partial charge in [0.25, 0.3) is 5.91 Å². The topological polar surface area (TPSA) is 69.2 Å². The molecular formula is C22H26N2O4. The summed E-state index contributed by atoms with van der Waals surface area (Å²) in [4.78, 5) is 12.2. The van der Waals surface area contributed by atoms with E-state index in [0.29, 0.717) is 30.6 Å². The average Bonchev–Trinajstić information content (AvgIpc) is 2.69. The Morgan fingerprint density at radius 2 is 1.89 bits per heavy atom. The smallest absolute Gasteiger partial charge is 0.277 e. The summed E-state index contributed by atoms with van der Waals surface area (Å²) in [5.74, 6) is 2.15. The van der Waals surface area contributed by atoms with E-state index in [1.54, 1.807) is 0 Å². The molecule has 0 saturated carbocycles. The number of benzene rings is 2. The highest BCUT2D eigenvalue weighted by atomic mass is 16.6. The van der Waals surface area contributed by atoms with Gasteiger partial charge in [0.1, 0.15) is 19.0 Å². The number of rotatable bonds is 6. The molecule has 1 aliphatic heterocycles. The van der Waals surface area contributed by atoms with Crippen molar-refractivity contribution in [1.29, 1.82) is 0 Å². The number of carbonyl (C=O) groups excluding carboxylic acids is 1. The maximum absolute atomic E-state index is 12.2. The van der Waals surface area contributed by atoms with Crippen LogP contribution in [-0.4, -0.2) is 31.4 Å². The lowest BCUT2D eigenvalue weighted by Crippen LogP contribution is -2.26. The summed E-state index contributed by atoms with van der Waals surface area (Å²) in [6, 6.07) is 11.6. The minimum absolute atomic E-state index is 0.0961. The third-order valence-electron chi connectivity index (χ3n) is 4.46. The highest BCUT2D eigenvalue weighted by Gasteiger charge is 2.13. The zero-order valence-electron chi connectivity index (χ0n) is 16.7. The molecular weight excluding hydrogens is 356 g/mol. The molecule has 0 radical (unpaired) electrons. The zero-order chi connectivity index (χ0) is 20.1. The van der Waals surface area contributed by atoms with Gasteiger partial charge in [-0.25, -0.2) is 5.43 Å². The quantitative estimate of drug-likeness (QED) is 0.609. The Morgan fingerprint density at radius 1 is 1.14 bits per heavy atom. The van der Waals surface area contributed by atoms with Gasteiger partial charge in [0.05, 0.1) is 5.71 Å². The Labute approximate surface area is 165 Å². The van der Waals surface area contributed by atoms with Crippen LogP contribution in [0.25, 0.3) is 0 Å². The molecule has 0 aromatic heterocycles. The number of hydrogen-bond acceptors (Lipinski definition) is 5. The van der Waals surface area contributed by atoms with E-state index < -0.39 is 0 Å². The van der Waals surface area contributed by atoms with Crippen molar-refractivity contribution in [3.8, 4) is 17.2 Å². The van der Waals surface area contributed by atoms with E-state index in [1.165, 1.54) is 0 Å². The van der Waals surface area contributed by atoms with Gasteiger partial charge in [0.15, 0.2) is 18.1 Å². The van der Waals surface area contributed by atoms with Crippen molar-refractivity contribution in [2.45, 2.75) is 33.6 Å². The number of nitrogens with zero attached hydrogens (tertiary/aromatic N) is 1. The van der Waals surface area contributed by atoms with Gasteiger partial charge in [-0.1, -0.05) is 26.0 Å². The molecule has 148 valence electrons. The highest BCUT2D eigenvalue weighted by molar-refractivity contribution is 5.99. The lowest BCUT2D eigenvalue weighted by molar-refractivity contribution is -0.123. The third kappa shape index (κ3) is 4.82. The predicted molar refractivity (Wildman–Crippen MR) is 109 cm³/mol. The van der Waals surface area contributed by atoms with Crippen molar-refractivity contribution < 1.29 is 19.0 Å². The molecule has 0 unspecified atom stereocenters. The standard InChI is InChI=1S/C22H26N2O4/c1-14(2)18-7-5-15(3)11-20(18)28-13-22(25)24-23-16(4)17-6-8-19-21(12-17)27-10-9-26-19/h5-8,11-12,14H,9-10,13H2,1-4H3,(H,24,25). The average molecular weight is 382 g/mol. The highest BCUT2D eigenvalue weighted by Crippen LogP contribution is 2.31. The van der Waals surface area contributed by atoms with E-state index in [9.17, 15) is 4.79 Å². The molecule has 0 spiro atoms. The van der Waals surface area contributed by atoms with E-state index in [-0.39, 0.29) is 12.5 Å². The first kappa shape index (κ1) is 19.7. The van der Waals surface area contributed by atoms with Gasteiger partial charge in [0.2, 0.25) is 0 Å². The van der Waals surface area contributed by atoms with Crippen molar-refractivity contribution in [3.05, 3.63) is 53.1 Å². The Kier molecular flexibility index (Phi) is 6.19. The number of ether oxygens (including phenoxy) is 3. The van der Waals surface area contributed by atoms with Crippen LogP contribution >= 0.6 is 0 Å². The molecule has 0 bridgehead atoms. The second-order valence-corrected chi connectivity index (χ2v) is 7.08. The zero-order valence-corrected chi connectivity index (χ0v) is 16.7. The first-order valence-corrected chi connectivity index (χ1v) is 9.40. The lowest BCUT2D eigenvalue weighted by Gasteiger charge is -2.18. The fourth-order valence-corrected chi connectivity index (χ4v) is 2.90. The van der Waals surface area contributed by atoms with Crippen LogP contribution in [-0.2, 0) is 4.79 Å². The number of fused-ring (bicyclic) bond motifs is 1. The lowest BCUT2D eigenvalue weighted by atomic mass is 10.0. The number of nitrogens with one attached hydrogen (secondary N) is 1. The number of hydrogen-bond donors (Lipinski definition) is 1. The van der Waals surface area contributed by atoms with Gasteiger partial charge in [-0.3, -0.25) is 4.79 Å². The molecule has 1 amide bonds. The molecule has 1 heterocycles. The van der Waals surface area contributed by atoms with Crippen LogP contribution in [0.5, 0.6) is 17.2 Å². The van der Waals surface area contributed by atoms with E-state index in [2.05, 4.69) is 24.4 Å². The molecule has 3 rings (SSSR count). The molecule has 0 saturated heterocycles. The summed E-state index contributed by atoms with van der Waals surface area (Å²) in [6.07, 6.45) is 0. The summed E-state index contributed by atoms with van der Waals surface area (Å²) in [5.41, 5.74) is 6.24. The Bertz CT molecular complexity index is 890. The van der Waals surface area contributed by atoms with Crippen LogP contribution in [0, 0.1) is 6.92 Å². The summed E-state index contributed by atoms with van der Waals surface area (Å²) in [5, 5.41) is 4.17. The van der Waals surface area contributed by atoms with Crippen LogP contribution in [0.3, 0.4) is 0 Å². The summed E-state index contributed by atoms with van der Waals surface area (Å²) in [6.45, 7) is 8.99. The van der Waals surface area contributed by atoms with Gasteiger partial charge in [-0.15, -0.1) is 0 Å². The fourth-order valence-electron chi connectivity index (χ4n) is 2.90. The van der Waals surface area contributed by atoms with Crippen molar-refractivity contribution in [2.24, 2.45) is 5.10 Å². The van der Waals surface area contributed by atoms with E-state index in [0.717, 1.165) is 28.2 Å². The summed E-state index contributed by atoms with van der Waals surface area (Å²) >= 11 is 0. The Hall–Kier alpha value is -3.02. The molecule has 0 fully saturated rings. The van der Waals surface area contributed by atoms with Gasteiger partial charge in [0, 0.05) is 5.56 Å². The second-order valence-electron chi connectivity index (χ2n) is 7.08. The monoisotopic (exact) mass is 382 g/mol. The van der Waals surface area contributed by atoms with Crippen LogP contribution in [0.2, 0.25) is 0 Å². The summed E-state index contributed by atoms with van der Waals surface area (Å²) in [7, 11) is 0. The largest absolute Gasteiger partial charge is 0.486 e. The molecule has 2 aromatic carbocycles. The van der Waals surface area contributed by atoms with Gasteiger partial charge in [-0.05, 0) is 55.2 Å². The maximum atomic E-state index is 12.2. The molecule has 1 N–H and O–H groups in total. The van der Waals surface area contributed by atoms with Crippen molar-refractivity contribution in [2.75, 3.05) is 19.8 Å². The van der Waals surface area contributed by atoms with Crippen LogP contribution in [0.1, 0.15) is 43.4 Å². The number of amides is 1. The molecule has 2 aromatic rings. The number of carbonyl (C=O) groups is 1. The Balaban J connectivity index is 1.60. The van der Waals surface area contributed by atoms with E-state index in [1.807, 2.05) is 50.2 Å². The molecule has 6 nitrogen and oxygen atoms in total. The molecule has 0 atom stereocenters. The maximum Gasteiger partial charge on any atom is 0.277 e. The minimum atomic E-state index is -0.312. The van der Waals surface area contributed by atoms with Gasteiger partial charge >= 0.3 is 0 Å². The number of aryl methyl sites for hydroxylation is 1. The van der Waals surface area contributed by atoms with E-state index in [4.69, 9.17) is 14.2 Å².